The van der Waals surface area contributed by atoms with Crippen LogP contribution >= 0.6 is 24.0 Å². The fraction of sp³-hybridized carbons (Fsp3) is 0.579. The number of aliphatic imine (C=N–C) groups is 1. The van der Waals surface area contributed by atoms with Gasteiger partial charge in [-0.25, -0.2) is 0 Å². The highest BCUT2D eigenvalue weighted by Gasteiger charge is 2.07. The smallest absolute Gasteiger partial charge is 0.251 e. The number of amides is 1. The fourth-order valence-electron chi connectivity index (χ4n) is 2.42. The maximum Gasteiger partial charge on any atom is 0.251 e. The lowest BCUT2D eigenvalue weighted by Gasteiger charge is -2.18. The van der Waals surface area contributed by atoms with Gasteiger partial charge in [0.05, 0.1) is 0 Å². The zero-order chi connectivity index (χ0) is 17.9. The van der Waals surface area contributed by atoms with E-state index in [9.17, 15) is 4.79 Å². The van der Waals surface area contributed by atoms with Crippen LogP contribution in [0.4, 0.5) is 0 Å². The summed E-state index contributed by atoms with van der Waals surface area (Å²) >= 11 is 0. The highest BCUT2D eigenvalue weighted by molar-refractivity contribution is 14.0. The van der Waals surface area contributed by atoms with Gasteiger partial charge in [0.1, 0.15) is 0 Å². The lowest BCUT2D eigenvalue weighted by Crippen LogP contribution is -2.43. The number of nitrogens with one attached hydrogen (secondary N) is 3. The largest absolute Gasteiger partial charge is 0.356 e. The van der Waals surface area contributed by atoms with E-state index in [0.717, 1.165) is 36.8 Å². The van der Waals surface area contributed by atoms with Crippen molar-refractivity contribution in [3.63, 3.8) is 0 Å². The summed E-state index contributed by atoms with van der Waals surface area (Å²) in [6.45, 7) is 7.44. The molecule has 0 saturated carbocycles. The van der Waals surface area contributed by atoms with Crippen molar-refractivity contribution in [1.82, 2.24) is 16.0 Å². The molecular formula is C19H33IN4O. The predicted molar refractivity (Wildman–Crippen MR) is 117 cm³/mol. The molecular weight excluding hydrogens is 427 g/mol. The lowest BCUT2D eigenvalue weighted by molar-refractivity contribution is 0.0963. The van der Waals surface area contributed by atoms with Crippen molar-refractivity contribution in [3.8, 4) is 0 Å². The lowest BCUT2D eigenvalue weighted by atomic mass is 10.0. The molecule has 0 aliphatic heterocycles. The van der Waals surface area contributed by atoms with Crippen LogP contribution in [0.2, 0.25) is 0 Å². The van der Waals surface area contributed by atoms with Gasteiger partial charge in [-0.15, -0.1) is 24.0 Å². The second kappa shape index (κ2) is 13.0. The summed E-state index contributed by atoms with van der Waals surface area (Å²) in [5.41, 5.74) is 1.83. The average molecular weight is 460 g/mol. The Kier molecular flexibility index (Phi) is 12.3. The molecule has 6 heteroatoms. The van der Waals surface area contributed by atoms with Crippen LogP contribution in [0.5, 0.6) is 0 Å². The normalized spacial score (nSPS) is 12.3. The van der Waals surface area contributed by atoms with Crippen LogP contribution in [0.1, 0.15) is 49.5 Å². The molecule has 3 N–H and O–H groups in total. The summed E-state index contributed by atoms with van der Waals surface area (Å²) < 4.78 is 0. The molecule has 0 bridgehead atoms. The molecule has 1 aromatic rings. The zero-order valence-corrected chi connectivity index (χ0v) is 18.4. The summed E-state index contributed by atoms with van der Waals surface area (Å²) in [5, 5.41) is 9.41. The van der Waals surface area contributed by atoms with Crippen LogP contribution in [-0.2, 0) is 6.42 Å². The maximum atomic E-state index is 11.7. The Balaban J connectivity index is 0.00000576. The molecule has 0 radical (unpaired) electrons. The number of hydrogen-bond donors (Lipinski definition) is 3. The van der Waals surface area contributed by atoms with Crippen molar-refractivity contribution in [2.24, 2.45) is 10.9 Å². The quantitative estimate of drug-likeness (QED) is 0.317. The molecule has 5 nitrogen and oxygen atoms in total. The van der Waals surface area contributed by atoms with Crippen molar-refractivity contribution < 1.29 is 4.79 Å². The number of carbonyl (C=O) groups is 1. The minimum Gasteiger partial charge on any atom is -0.356 e. The number of rotatable bonds is 8. The number of carbonyl (C=O) groups excluding carboxylic acids is 1. The van der Waals surface area contributed by atoms with Gasteiger partial charge < -0.3 is 16.0 Å². The van der Waals surface area contributed by atoms with Crippen molar-refractivity contribution >= 4 is 35.8 Å². The second-order valence-corrected chi connectivity index (χ2v) is 6.55. The first-order chi connectivity index (χ1) is 11.5. The van der Waals surface area contributed by atoms with E-state index < -0.39 is 0 Å². The van der Waals surface area contributed by atoms with Crippen molar-refractivity contribution in [2.75, 3.05) is 20.6 Å². The summed E-state index contributed by atoms with van der Waals surface area (Å²) in [7, 11) is 3.43. The van der Waals surface area contributed by atoms with Crippen molar-refractivity contribution in [3.05, 3.63) is 35.4 Å². The van der Waals surface area contributed by atoms with Crippen LogP contribution in [0.25, 0.3) is 0 Å². The third-order valence-corrected chi connectivity index (χ3v) is 3.91. The van der Waals surface area contributed by atoms with E-state index in [1.807, 2.05) is 24.3 Å². The van der Waals surface area contributed by atoms with Gasteiger partial charge in [-0.3, -0.25) is 9.79 Å². The molecule has 0 aliphatic rings. The molecule has 25 heavy (non-hydrogen) atoms. The molecule has 1 unspecified atom stereocenters. The molecule has 0 fully saturated rings. The van der Waals surface area contributed by atoms with E-state index >= 15 is 0 Å². The van der Waals surface area contributed by atoms with Crippen LogP contribution in [0, 0.1) is 5.92 Å². The highest BCUT2D eigenvalue weighted by Crippen LogP contribution is 2.07. The monoisotopic (exact) mass is 460 g/mol. The highest BCUT2D eigenvalue weighted by atomic mass is 127. The predicted octanol–water partition coefficient (Wildman–Crippen LogP) is 3.20. The van der Waals surface area contributed by atoms with E-state index in [1.165, 1.54) is 6.42 Å². The molecule has 0 heterocycles. The standard InChI is InChI=1S/C19H32N4O.HI/c1-14(2)9-10-15(3)23-19(21-5)22-12-11-16-7-6-8-17(13-16)18(24)20-4;/h6-8,13-15H,9-12H2,1-5H3,(H,20,24)(H2,21,22,23);1H. The molecule has 0 saturated heterocycles. The number of guanidine groups is 1. The van der Waals surface area contributed by atoms with Gasteiger partial charge >= 0.3 is 0 Å². The average Bonchev–Trinajstić information content (AvgIpc) is 2.58. The van der Waals surface area contributed by atoms with Gasteiger partial charge in [0.25, 0.3) is 5.91 Å². The van der Waals surface area contributed by atoms with E-state index in [-0.39, 0.29) is 29.9 Å². The zero-order valence-electron chi connectivity index (χ0n) is 16.1. The van der Waals surface area contributed by atoms with Gasteiger partial charge in [-0.1, -0.05) is 26.0 Å². The Morgan fingerprint density at radius 2 is 1.92 bits per heavy atom. The Labute approximate surface area is 169 Å². The number of benzene rings is 1. The number of halogens is 1. The van der Waals surface area contributed by atoms with Gasteiger partial charge in [-0.2, -0.15) is 0 Å². The van der Waals surface area contributed by atoms with E-state index in [0.29, 0.717) is 11.6 Å². The molecule has 1 aromatic carbocycles. The Hall–Kier alpha value is -1.31. The summed E-state index contributed by atoms with van der Waals surface area (Å²) in [4.78, 5) is 15.9. The SMILES string of the molecule is CN=C(NCCc1cccc(C(=O)NC)c1)NC(C)CCC(C)C.I. The molecule has 0 aromatic heterocycles. The molecule has 142 valence electrons. The van der Waals surface area contributed by atoms with Gasteiger partial charge in [0.2, 0.25) is 0 Å². The molecule has 0 spiro atoms. The second-order valence-electron chi connectivity index (χ2n) is 6.55. The van der Waals surface area contributed by atoms with Crippen LogP contribution in [0.3, 0.4) is 0 Å². The third kappa shape index (κ3) is 9.67. The van der Waals surface area contributed by atoms with Crippen LogP contribution in [-0.4, -0.2) is 38.5 Å². The van der Waals surface area contributed by atoms with Crippen LogP contribution in [0.15, 0.2) is 29.3 Å². The summed E-state index contributed by atoms with van der Waals surface area (Å²) in [5.74, 6) is 1.49. The summed E-state index contributed by atoms with van der Waals surface area (Å²) in [6, 6.07) is 8.11. The summed E-state index contributed by atoms with van der Waals surface area (Å²) in [6.07, 6.45) is 3.18. The van der Waals surface area contributed by atoms with Crippen molar-refractivity contribution in [1.29, 1.82) is 0 Å². The Morgan fingerprint density at radius 3 is 2.52 bits per heavy atom. The maximum absolute atomic E-state index is 11.7. The number of hydrogen-bond acceptors (Lipinski definition) is 2. The van der Waals surface area contributed by atoms with Crippen LogP contribution < -0.4 is 16.0 Å². The van der Waals surface area contributed by atoms with E-state index in [1.54, 1.807) is 14.1 Å². The molecule has 1 rings (SSSR count). The number of nitrogens with zero attached hydrogens (tertiary/aromatic N) is 1. The first-order valence-electron chi connectivity index (χ1n) is 8.74. The molecule has 1 amide bonds. The van der Waals surface area contributed by atoms with Gasteiger partial charge in [0, 0.05) is 32.2 Å². The first-order valence-corrected chi connectivity index (χ1v) is 8.74. The first kappa shape index (κ1) is 23.7. The molecule has 0 aliphatic carbocycles. The molecule has 1 atom stereocenters. The third-order valence-electron chi connectivity index (χ3n) is 3.91. The van der Waals surface area contributed by atoms with Gasteiger partial charge in [-0.05, 0) is 49.8 Å². The topological polar surface area (TPSA) is 65.5 Å². The van der Waals surface area contributed by atoms with E-state index in [2.05, 4.69) is 41.7 Å². The van der Waals surface area contributed by atoms with Crippen molar-refractivity contribution in [2.45, 2.75) is 46.1 Å². The Morgan fingerprint density at radius 1 is 1.20 bits per heavy atom. The Bertz CT molecular complexity index is 546. The van der Waals surface area contributed by atoms with E-state index in [4.69, 9.17) is 0 Å². The van der Waals surface area contributed by atoms with Gasteiger partial charge in [0.15, 0.2) is 5.96 Å². The minimum atomic E-state index is -0.0544. The fourth-order valence-corrected chi connectivity index (χ4v) is 2.42. The minimum absolute atomic E-state index is 0.